The molecule has 118 valence electrons. The summed E-state index contributed by atoms with van der Waals surface area (Å²) < 4.78 is 6.11. The molecule has 3 rings (SSSR count). The van der Waals surface area contributed by atoms with E-state index in [0.717, 1.165) is 15.1 Å². The number of aromatic nitrogens is 2. The molecule has 0 aliphatic carbocycles. The second-order valence-electron chi connectivity index (χ2n) is 5.01. The lowest BCUT2D eigenvalue weighted by Crippen LogP contribution is -2.33. The third kappa shape index (κ3) is 3.57. The molecular formula is C16H15N3O3S. The van der Waals surface area contributed by atoms with Crippen molar-refractivity contribution in [3.05, 3.63) is 64.0 Å². The molecule has 1 atom stereocenters. The van der Waals surface area contributed by atoms with Crippen LogP contribution in [0.3, 0.4) is 0 Å². The molecule has 0 fully saturated rings. The van der Waals surface area contributed by atoms with Crippen LogP contribution in [-0.4, -0.2) is 15.7 Å². The van der Waals surface area contributed by atoms with E-state index < -0.39 is 5.76 Å². The molecule has 0 bridgehead atoms. The van der Waals surface area contributed by atoms with E-state index in [1.54, 1.807) is 6.07 Å². The highest BCUT2D eigenvalue weighted by molar-refractivity contribution is 7.13. The van der Waals surface area contributed by atoms with Gasteiger partial charge in [0.15, 0.2) is 0 Å². The van der Waals surface area contributed by atoms with E-state index in [1.165, 1.54) is 11.3 Å². The van der Waals surface area contributed by atoms with Crippen molar-refractivity contribution in [2.24, 2.45) is 0 Å². The first-order chi connectivity index (χ1) is 11.1. The van der Waals surface area contributed by atoms with Gasteiger partial charge in [-0.15, -0.1) is 16.4 Å². The second-order valence-corrected chi connectivity index (χ2v) is 5.96. The maximum atomic E-state index is 12.1. The Kier molecular flexibility index (Phi) is 4.38. The van der Waals surface area contributed by atoms with Gasteiger partial charge in [0.1, 0.15) is 6.54 Å². The predicted molar refractivity (Wildman–Crippen MR) is 87.1 cm³/mol. The first kappa shape index (κ1) is 15.2. The number of hydrogen-bond acceptors (Lipinski definition) is 5. The van der Waals surface area contributed by atoms with Gasteiger partial charge in [0.2, 0.25) is 5.91 Å². The Morgan fingerprint density at radius 2 is 2.09 bits per heavy atom. The zero-order valence-corrected chi connectivity index (χ0v) is 13.2. The van der Waals surface area contributed by atoms with Crippen molar-refractivity contribution < 1.29 is 9.21 Å². The molecule has 6 nitrogen and oxygen atoms in total. The number of amides is 1. The van der Waals surface area contributed by atoms with E-state index in [9.17, 15) is 9.59 Å². The number of nitrogens with zero attached hydrogens (tertiary/aromatic N) is 2. The number of benzene rings is 1. The van der Waals surface area contributed by atoms with Crippen molar-refractivity contribution in [3.8, 4) is 10.8 Å². The lowest BCUT2D eigenvalue weighted by molar-refractivity contribution is -0.122. The molecule has 1 aromatic carbocycles. The van der Waals surface area contributed by atoms with Gasteiger partial charge in [-0.05, 0) is 23.9 Å². The highest BCUT2D eigenvalue weighted by atomic mass is 32.1. The zero-order valence-electron chi connectivity index (χ0n) is 12.4. The molecule has 1 N–H and O–H groups in total. The first-order valence-electron chi connectivity index (χ1n) is 7.09. The summed E-state index contributed by atoms with van der Waals surface area (Å²) in [6, 6.07) is 13.1. The van der Waals surface area contributed by atoms with Gasteiger partial charge in [0.05, 0.1) is 10.9 Å². The summed E-state index contributed by atoms with van der Waals surface area (Å²) in [5.41, 5.74) is 0.993. The Morgan fingerprint density at radius 1 is 1.30 bits per heavy atom. The lowest BCUT2D eigenvalue weighted by Gasteiger charge is -2.13. The van der Waals surface area contributed by atoms with Gasteiger partial charge in [-0.25, -0.2) is 4.79 Å². The molecule has 0 saturated carbocycles. The molecule has 2 heterocycles. The van der Waals surface area contributed by atoms with Crippen LogP contribution in [0, 0.1) is 0 Å². The van der Waals surface area contributed by atoms with E-state index in [4.69, 9.17) is 4.42 Å². The van der Waals surface area contributed by atoms with Crippen molar-refractivity contribution in [1.29, 1.82) is 0 Å². The van der Waals surface area contributed by atoms with E-state index in [1.807, 2.05) is 48.7 Å². The molecule has 0 aliphatic heterocycles. The third-order valence-electron chi connectivity index (χ3n) is 3.31. The Balaban J connectivity index is 1.68. The number of nitrogens with one attached hydrogen (secondary N) is 1. The summed E-state index contributed by atoms with van der Waals surface area (Å²) >= 11 is 1.42. The van der Waals surface area contributed by atoms with E-state index in [-0.39, 0.29) is 24.4 Å². The average Bonchev–Trinajstić information content (AvgIpc) is 3.18. The van der Waals surface area contributed by atoms with Gasteiger partial charge < -0.3 is 9.73 Å². The van der Waals surface area contributed by atoms with Crippen LogP contribution < -0.4 is 11.1 Å². The summed E-state index contributed by atoms with van der Waals surface area (Å²) in [4.78, 5) is 24.6. The quantitative estimate of drug-likeness (QED) is 0.780. The summed E-state index contributed by atoms with van der Waals surface area (Å²) in [6.45, 7) is 1.71. The number of thiophene rings is 1. The number of rotatable bonds is 5. The molecule has 0 saturated heterocycles. The first-order valence-corrected chi connectivity index (χ1v) is 7.97. The zero-order chi connectivity index (χ0) is 16.2. The van der Waals surface area contributed by atoms with E-state index >= 15 is 0 Å². The molecule has 0 radical (unpaired) electrons. The molecular weight excluding hydrogens is 314 g/mol. The minimum Gasteiger partial charge on any atom is -0.387 e. The van der Waals surface area contributed by atoms with Crippen LogP contribution in [-0.2, 0) is 11.3 Å². The molecule has 0 spiro atoms. The number of hydrogen-bond donors (Lipinski definition) is 1. The van der Waals surface area contributed by atoms with Crippen molar-refractivity contribution in [1.82, 2.24) is 15.1 Å². The van der Waals surface area contributed by atoms with E-state index in [2.05, 4.69) is 10.4 Å². The van der Waals surface area contributed by atoms with Gasteiger partial charge in [0, 0.05) is 0 Å². The number of carbonyl (C=O) groups excluding carboxylic acids is 1. The Hall–Kier alpha value is -2.67. The molecule has 3 aromatic rings. The van der Waals surface area contributed by atoms with Crippen molar-refractivity contribution in [2.75, 3.05) is 0 Å². The molecule has 7 heteroatoms. The monoisotopic (exact) mass is 329 g/mol. The molecule has 0 unspecified atom stereocenters. The van der Waals surface area contributed by atoms with E-state index in [0.29, 0.717) is 0 Å². The minimum atomic E-state index is -0.643. The molecule has 23 heavy (non-hydrogen) atoms. The smallest absolute Gasteiger partial charge is 0.387 e. The van der Waals surface area contributed by atoms with Crippen LogP contribution in [0.2, 0.25) is 0 Å². The van der Waals surface area contributed by atoms with Crippen LogP contribution >= 0.6 is 11.3 Å². The standard InChI is InChI=1S/C16H15N3O3S/c1-11(12-6-3-2-4-7-12)17-14(20)10-19-16(21)22-15(18-19)13-8-5-9-23-13/h2-9,11H,10H2,1H3,(H,17,20)/t11-/m0/s1. The fourth-order valence-electron chi connectivity index (χ4n) is 2.15. The van der Waals surface area contributed by atoms with Gasteiger partial charge in [-0.2, -0.15) is 4.68 Å². The highest BCUT2D eigenvalue weighted by Crippen LogP contribution is 2.21. The summed E-state index contributed by atoms with van der Waals surface area (Å²) in [5, 5.41) is 8.76. The third-order valence-corrected chi connectivity index (χ3v) is 4.17. The lowest BCUT2D eigenvalue weighted by atomic mass is 10.1. The summed E-state index contributed by atoms with van der Waals surface area (Å²) in [5.74, 6) is -0.709. The Labute approximate surface area is 136 Å². The Bertz CT molecular complexity index is 837. The topological polar surface area (TPSA) is 77.1 Å². The van der Waals surface area contributed by atoms with Gasteiger partial charge in [0.25, 0.3) is 5.89 Å². The van der Waals surface area contributed by atoms with Crippen LogP contribution in [0.1, 0.15) is 18.5 Å². The molecule has 0 aliphatic rings. The van der Waals surface area contributed by atoms with Crippen LogP contribution in [0.5, 0.6) is 0 Å². The fraction of sp³-hybridized carbons (Fsp3) is 0.188. The average molecular weight is 329 g/mol. The molecule has 2 aromatic heterocycles. The SMILES string of the molecule is C[C@H](NC(=O)Cn1nc(-c2cccs2)oc1=O)c1ccccc1. The largest absolute Gasteiger partial charge is 0.437 e. The Morgan fingerprint density at radius 3 is 2.78 bits per heavy atom. The fourth-order valence-corrected chi connectivity index (χ4v) is 2.80. The van der Waals surface area contributed by atoms with Crippen molar-refractivity contribution in [2.45, 2.75) is 19.5 Å². The van der Waals surface area contributed by atoms with Crippen LogP contribution in [0.25, 0.3) is 10.8 Å². The molecule has 1 amide bonds. The second kappa shape index (κ2) is 6.62. The van der Waals surface area contributed by atoms with Crippen LogP contribution in [0.15, 0.2) is 57.1 Å². The predicted octanol–water partition coefficient (Wildman–Crippen LogP) is 2.44. The number of carbonyl (C=O) groups is 1. The van der Waals surface area contributed by atoms with Gasteiger partial charge >= 0.3 is 5.76 Å². The maximum absolute atomic E-state index is 12.1. The summed E-state index contributed by atoms with van der Waals surface area (Å²) in [7, 11) is 0. The maximum Gasteiger partial charge on any atom is 0.437 e. The minimum absolute atomic E-state index is 0.150. The summed E-state index contributed by atoms with van der Waals surface area (Å²) in [6.07, 6.45) is 0. The van der Waals surface area contributed by atoms with Gasteiger partial charge in [-0.1, -0.05) is 36.4 Å². The normalized spacial score (nSPS) is 12.0. The van der Waals surface area contributed by atoms with Crippen molar-refractivity contribution in [3.63, 3.8) is 0 Å². The van der Waals surface area contributed by atoms with Crippen molar-refractivity contribution >= 4 is 17.2 Å². The van der Waals surface area contributed by atoms with Gasteiger partial charge in [-0.3, -0.25) is 4.79 Å². The highest BCUT2D eigenvalue weighted by Gasteiger charge is 2.15. The van der Waals surface area contributed by atoms with Crippen LogP contribution in [0.4, 0.5) is 0 Å².